The Balaban J connectivity index is 5.08. The highest BCUT2D eigenvalue weighted by Gasteiger charge is 2.30. The van der Waals surface area contributed by atoms with Gasteiger partial charge in [0.2, 0.25) is 5.91 Å². The Hall–Kier alpha value is -1.77. The minimum atomic E-state index is -4.46. The number of unbranched alkanes of at least 4 members (excludes halogenated alkanes) is 41. The largest absolute Gasteiger partial charge is 0.472 e. The van der Waals surface area contributed by atoms with Crippen LogP contribution in [0.1, 0.15) is 329 Å². The first-order valence-electron chi connectivity index (χ1n) is 33.3. The molecule has 0 saturated carbocycles. The predicted molar refractivity (Wildman–Crippen MR) is 332 cm³/mol. The van der Waals surface area contributed by atoms with Crippen LogP contribution in [0.2, 0.25) is 0 Å². The molecule has 0 saturated heterocycles. The van der Waals surface area contributed by atoms with Crippen molar-refractivity contribution in [2.75, 3.05) is 40.9 Å². The van der Waals surface area contributed by atoms with Gasteiger partial charge in [-0.05, 0) is 51.0 Å². The van der Waals surface area contributed by atoms with E-state index in [9.17, 15) is 19.0 Å². The van der Waals surface area contributed by atoms with E-state index in [1.807, 2.05) is 39.4 Å². The third-order valence-corrected chi connectivity index (χ3v) is 16.1. The minimum absolute atomic E-state index is 0.0353. The lowest BCUT2D eigenvalue weighted by Crippen LogP contribution is -2.47. The molecule has 0 aliphatic heterocycles. The van der Waals surface area contributed by atoms with Gasteiger partial charge in [0.25, 0.3) is 0 Å². The van der Waals surface area contributed by atoms with E-state index in [1.165, 1.54) is 238 Å². The maximum absolute atomic E-state index is 13.6. The highest BCUT2D eigenvalue weighted by Crippen LogP contribution is 2.43. The molecule has 0 bridgehead atoms. The molecule has 0 rings (SSSR count). The lowest BCUT2D eigenvalue weighted by molar-refractivity contribution is -0.870. The fraction of sp³-hybridized carbons (Fsp3) is 0.881. The number of nitrogens with zero attached hydrogens (tertiary/aromatic N) is 1. The van der Waals surface area contributed by atoms with E-state index >= 15 is 0 Å². The second-order valence-electron chi connectivity index (χ2n) is 24.0. The van der Waals surface area contributed by atoms with Crippen LogP contribution in [0, 0.1) is 0 Å². The third-order valence-electron chi connectivity index (χ3n) is 15.1. The van der Waals surface area contributed by atoms with Crippen LogP contribution in [-0.4, -0.2) is 74.3 Å². The van der Waals surface area contributed by atoms with Crippen molar-refractivity contribution in [2.45, 2.75) is 341 Å². The number of esters is 1. The van der Waals surface area contributed by atoms with Crippen molar-refractivity contribution in [3.63, 3.8) is 0 Å². The monoisotopic (exact) mass is 1110 g/mol. The molecule has 0 fully saturated rings. The van der Waals surface area contributed by atoms with E-state index in [-0.39, 0.29) is 31.5 Å². The lowest BCUT2D eigenvalue weighted by Gasteiger charge is -2.27. The van der Waals surface area contributed by atoms with Crippen LogP contribution in [-0.2, 0) is 27.9 Å². The van der Waals surface area contributed by atoms with Gasteiger partial charge in [0.1, 0.15) is 19.3 Å². The van der Waals surface area contributed by atoms with E-state index in [2.05, 4.69) is 44.3 Å². The number of ether oxygens (including phenoxy) is 1. The smallest absolute Gasteiger partial charge is 0.456 e. The van der Waals surface area contributed by atoms with Gasteiger partial charge < -0.3 is 19.4 Å². The number of phosphoric ester groups is 1. The number of phosphoric acid groups is 1. The van der Waals surface area contributed by atoms with Gasteiger partial charge in [-0.2, -0.15) is 0 Å². The first-order chi connectivity index (χ1) is 37.4. The first kappa shape index (κ1) is 75.2. The summed E-state index contributed by atoms with van der Waals surface area (Å²) in [4.78, 5) is 37.7. The van der Waals surface area contributed by atoms with E-state index in [0.29, 0.717) is 23.9 Å². The fourth-order valence-electron chi connectivity index (χ4n) is 9.94. The summed E-state index contributed by atoms with van der Waals surface area (Å²) in [6, 6.07) is -0.867. The number of quaternary nitrogens is 1. The average molecular weight is 1110 g/mol. The van der Waals surface area contributed by atoms with Crippen molar-refractivity contribution < 1.29 is 37.3 Å². The predicted octanol–water partition coefficient (Wildman–Crippen LogP) is 20.7. The van der Waals surface area contributed by atoms with Gasteiger partial charge in [0.15, 0.2) is 0 Å². The minimum Gasteiger partial charge on any atom is -0.456 e. The van der Waals surface area contributed by atoms with Gasteiger partial charge in [0.05, 0.1) is 33.8 Å². The van der Waals surface area contributed by atoms with Crippen molar-refractivity contribution in [3.05, 3.63) is 36.5 Å². The van der Waals surface area contributed by atoms with Crippen LogP contribution in [0.15, 0.2) is 36.5 Å². The molecule has 0 aromatic carbocycles. The molecule has 9 nitrogen and oxygen atoms in total. The molecule has 3 atom stereocenters. The molecule has 10 heteroatoms. The molecular weight excluding hydrogens is 976 g/mol. The van der Waals surface area contributed by atoms with Gasteiger partial charge in [-0.25, -0.2) is 4.57 Å². The molecule has 0 aromatic heterocycles. The van der Waals surface area contributed by atoms with Gasteiger partial charge >= 0.3 is 13.8 Å². The van der Waals surface area contributed by atoms with Crippen LogP contribution < -0.4 is 5.32 Å². The SMILES string of the molecule is CCCCCCCC/C=C\C/C=C/CCC(=O)OC(/C=C\CCCCCCCCCCCCC)C(COP(=O)(O)OCC[N+](C)(C)C)NC(=O)CCCCCCCCCCCCCCCCCCCCCCCCCCC. The normalized spacial score (nSPS) is 13.8. The summed E-state index contributed by atoms with van der Waals surface area (Å²) >= 11 is 0. The number of carbonyl (C=O) groups excluding carboxylic acids is 2. The van der Waals surface area contributed by atoms with E-state index in [0.717, 1.165) is 51.4 Å². The molecule has 77 heavy (non-hydrogen) atoms. The maximum Gasteiger partial charge on any atom is 0.472 e. The summed E-state index contributed by atoms with van der Waals surface area (Å²) in [7, 11) is 1.49. The second-order valence-corrected chi connectivity index (χ2v) is 25.5. The summed E-state index contributed by atoms with van der Waals surface area (Å²) in [6.45, 7) is 7.01. The summed E-state index contributed by atoms with van der Waals surface area (Å²) in [5.74, 6) is -0.567. The quantitative estimate of drug-likeness (QED) is 0.0205. The molecule has 454 valence electrons. The van der Waals surface area contributed by atoms with Crippen LogP contribution in [0.5, 0.6) is 0 Å². The molecule has 3 unspecified atom stereocenters. The van der Waals surface area contributed by atoms with Crippen molar-refractivity contribution in [2.24, 2.45) is 0 Å². The lowest BCUT2D eigenvalue weighted by atomic mass is 10.0. The molecular formula is C67H130N2O7P+. The maximum atomic E-state index is 13.6. The Bertz CT molecular complexity index is 1410. The summed E-state index contributed by atoms with van der Waals surface area (Å²) in [5.41, 5.74) is 0. The molecule has 0 radical (unpaired) electrons. The number of nitrogens with one attached hydrogen (secondary N) is 1. The highest BCUT2D eigenvalue weighted by molar-refractivity contribution is 7.47. The fourth-order valence-corrected chi connectivity index (χ4v) is 10.7. The number of rotatable bonds is 61. The number of likely N-dealkylation sites (N-methyl/N-ethyl adjacent to an activating group) is 1. The molecule has 0 aromatic rings. The third kappa shape index (κ3) is 58.7. The Morgan fingerprint density at radius 1 is 0.455 bits per heavy atom. The standard InChI is InChI=1S/C67H129N2O7P/c1-7-10-13-16-19-22-25-28-29-30-31-32-33-34-35-36-37-38-39-42-44-47-50-53-56-59-66(70)68-64(63-75-77(72,73)74-62-61-69(4,5)6)65(58-55-52-49-46-43-40-26-23-20-17-14-11-8-2)76-67(71)60-57-54-51-48-45-41-27-24-21-18-15-12-9-3/h41,45,51,54-55,58,64-65H,7-40,42-44,46-50,52-53,56-57,59-63H2,1-6H3,(H-,68,70,72,73)/p+1/b45-41-,54-51+,58-55-. The Morgan fingerprint density at radius 2 is 0.805 bits per heavy atom. The topological polar surface area (TPSA) is 111 Å². The van der Waals surface area contributed by atoms with E-state index in [4.69, 9.17) is 13.8 Å². The van der Waals surface area contributed by atoms with Crippen LogP contribution in [0.25, 0.3) is 0 Å². The number of carbonyl (C=O) groups is 2. The van der Waals surface area contributed by atoms with Crippen LogP contribution in [0.3, 0.4) is 0 Å². The van der Waals surface area contributed by atoms with Gasteiger partial charge in [0, 0.05) is 12.8 Å². The first-order valence-corrected chi connectivity index (χ1v) is 34.8. The summed E-state index contributed by atoms with van der Waals surface area (Å²) in [5, 5.41) is 3.05. The molecule has 1 amide bonds. The van der Waals surface area contributed by atoms with Gasteiger partial charge in [-0.3, -0.25) is 18.6 Å². The zero-order valence-corrected chi connectivity index (χ0v) is 52.9. The van der Waals surface area contributed by atoms with Crippen molar-refractivity contribution in [1.82, 2.24) is 5.32 Å². The summed E-state index contributed by atoms with van der Waals surface area (Å²) < 4.78 is 30.7. The number of hydrogen-bond acceptors (Lipinski definition) is 6. The zero-order valence-electron chi connectivity index (χ0n) is 52.0. The van der Waals surface area contributed by atoms with E-state index < -0.39 is 20.0 Å². The Morgan fingerprint density at radius 3 is 1.19 bits per heavy atom. The Kier molecular flexibility index (Phi) is 56.1. The Labute approximate surface area is 478 Å². The second kappa shape index (κ2) is 57.5. The molecule has 2 N–H and O–H groups in total. The number of hydrogen-bond donors (Lipinski definition) is 2. The van der Waals surface area contributed by atoms with Crippen molar-refractivity contribution >= 4 is 19.7 Å². The van der Waals surface area contributed by atoms with E-state index in [1.54, 1.807) is 0 Å². The van der Waals surface area contributed by atoms with Gasteiger partial charge in [-0.15, -0.1) is 0 Å². The average Bonchev–Trinajstić information content (AvgIpc) is 3.39. The number of amides is 1. The molecule has 0 heterocycles. The summed E-state index contributed by atoms with van der Waals surface area (Å²) in [6.07, 6.45) is 70.3. The molecule has 0 spiro atoms. The van der Waals surface area contributed by atoms with Crippen molar-refractivity contribution in [3.8, 4) is 0 Å². The van der Waals surface area contributed by atoms with Gasteiger partial charge in [-0.1, -0.05) is 302 Å². The van der Waals surface area contributed by atoms with Crippen molar-refractivity contribution in [1.29, 1.82) is 0 Å². The highest BCUT2D eigenvalue weighted by atomic mass is 31.2. The van der Waals surface area contributed by atoms with Crippen LogP contribution in [0.4, 0.5) is 0 Å². The number of allylic oxidation sites excluding steroid dienone is 5. The molecule has 0 aliphatic rings. The zero-order chi connectivity index (χ0) is 56.4. The molecule has 0 aliphatic carbocycles. The van der Waals surface area contributed by atoms with Crippen LogP contribution >= 0.6 is 7.82 Å².